The molecule has 2 heterocycles. The number of ether oxygens (including phenoxy) is 1. The van der Waals surface area contributed by atoms with E-state index in [0.29, 0.717) is 23.9 Å². The first kappa shape index (κ1) is 19.3. The van der Waals surface area contributed by atoms with Crippen LogP contribution in [0.2, 0.25) is 0 Å². The highest BCUT2D eigenvalue weighted by Gasteiger charge is 2.13. The molecule has 0 spiro atoms. The average molecular weight is 399 g/mol. The molecule has 0 atom stereocenters. The number of fused-ring (bicyclic) bond motifs is 1. The third-order valence-electron chi connectivity index (χ3n) is 4.58. The Kier molecular flexibility index (Phi) is 5.52. The maximum atomic E-state index is 12.8. The van der Waals surface area contributed by atoms with Crippen LogP contribution in [0.5, 0.6) is 5.75 Å². The van der Waals surface area contributed by atoms with Crippen LogP contribution in [0.25, 0.3) is 10.9 Å². The summed E-state index contributed by atoms with van der Waals surface area (Å²) in [4.78, 5) is 26.0. The van der Waals surface area contributed by atoms with E-state index in [-0.39, 0.29) is 11.6 Å². The average Bonchev–Trinajstić information content (AvgIpc) is 2.78. The Bertz CT molecular complexity index is 1190. The fourth-order valence-electron chi connectivity index (χ4n) is 3.08. The first-order chi connectivity index (χ1) is 14.6. The summed E-state index contributed by atoms with van der Waals surface area (Å²) in [5, 5.41) is 7.04. The maximum absolute atomic E-state index is 12.8. The Labute approximate surface area is 174 Å². The highest BCUT2D eigenvalue weighted by atomic mass is 16.5. The number of methoxy groups -OCH3 is 1. The standard InChI is InChI=1S/C23H21N5O2/c1-15-13-20(22(29)27-19-7-3-5-17-6-4-12-24-21(17)19)28-23(26-15)25-14-16-8-10-18(30-2)11-9-16/h3-13H,14H2,1-2H3,(H,27,29)(H,25,26,28). The molecule has 7 nitrogen and oxygen atoms in total. The Morgan fingerprint density at radius 3 is 2.63 bits per heavy atom. The van der Waals surface area contributed by atoms with Crippen LogP contribution in [0.1, 0.15) is 21.7 Å². The second-order valence-electron chi connectivity index (χ2n) is 6.75. The van der Waals surface area contributed by atoms with Crippen LogP contribution < -0.4 is 15.4 Å². The monoisotopic (exact) mass is 399 g/mol. The van der Waals surface area contributed by atoms with Gasteiger partial charge in [0.25, 0.3) is 5.91 Å². The summed E-state index contributed by atoms with van der Waals surface area (Å²) in [5.74, 6) is 0.880. The van der Waals surface area contributed by atoms with Crippen molar-refractivity contribution in [2.75, 3.05) is 17.7 Å². The molecule has 0 radical (unpaired) electrons. The first-order valence-electron chi connectivity index (χ1n) is 9.50. The minimum atomic E-state index is -0.314. The van der Waals surface area contributed by atoms with E-state index in [0.717, 1.165) is 22.2 Å². The number of nitrogens with one attached hydrogen (secondary N) is 2. The fraction of sp³-hybridized carbons (Fsp3) is 0.130. The van der Waals surface area contributed by atoms with E-state index in [9.17, 15) is 4.79 Å². The van der Waals surface area contributed by atoms with Crippen molar-refractivity contribution < 1.29 is 9.53 Å². The summed E-state index contributed by atoms with van der Waals surface area (Å²) >= 11 is 0. The van der Waals surface area contributed by atoms with Gasteiger partial charge in [-0.15, -0.1) is 0 Å². The molecule has 150 valence electrons. The van der Waals surface area contributed by atoms with Crippen LogP contribution >= 0.6 is 0 Å². The molecule has 2 N–H and O–H groups in total. The van der Waals surface area contributed by atoms with Gasteiger partial charge in [-0.2, -0.15) is 0 Å². The van der Waals surface area contributed by atoms with E-state index in [1.807, 2.05) is 61.5 Å². The number of aromatic nitrogens is 3. The zero-order valence-corrected chi connectivity index (χ0v) is 16.7. The van der Waals surface area contributed by atoms with Gasteiger partial charge in [0.05, 0.1) is 18.3 Å². The van der Waals surface area contributed by atoms with Crippen LogP contribution in [-0.4, -0.2) is 28.0 Å². The van der Waals surface area contributed by atoms with Crippen molar-refractivity contribution in [3.8, 4) is 5.75 Å². The molecule has 2 aromatic heterocycles. The number of carbonyl (C=O) groups excluding carboxylic acids is 1. The molecule has 4 aromatic rings. The predicted octanol–water partition coefficient (Wildman–Crippen LogP) is 4.21. The molecule has 0 saturated carbocycles. The Hall–Kier alpha value is -4.00. The number of benzene rings is 2. The number of nitrogens with zero attached hydrogens (tertiary/aromatic N) is 3. The fourth-order valence-corrected chi connectivity index (χ4v) is 3.08. The molecule has 0 bridgehead atoms. The molecule has 0 aliphatic rings. The zero-order valence-electron chi connectivity index (χ0n) is 16.7. The quantitative estimate of drug-likeness (QED) is 0.505. The number of para-hydroxylation sites is 1. The Morgan fingerprint density at radius 1 is 1.03 bits per heavy atom. The molecule has 0 aliphatic carbocycles. The van der Waals surface area contributed by atoms with Gasteiger partial charge in [0.1, 0.15) is 11.4 Å². The van der Waals surface area contributed by atoms with Gasteiger partial charge < -0.3 is 15.4 Å². The van der Waals surface area contributed by atoms with Crippen LogP contribution in [0.4, 0.5) is 11.6 Å². The molecule has 1 amide bonds. The number of aryl methyl sites for hydroxylation is 1. The Morgan fingerprint density at radius 2 is 1.83 bits per heavy atom. The van der Waals surface area contributed by atoms with Gasteiger partial charge in [-0.3, -0.25) is 9.78 Å². The van der Waals surface area contributed by atoms with E-state index in [1.165, 1.54) is 0 Å². The van der Waals surface area contributed by atoms with Gasteiger partial charge in [-0.1, -0.05) is 30.3 Å². The third-order valence-corrected chi connectivity index (χ3v) is 4.58. The van der Waals surface area contributed by atoms with Gasteiger partial charge in [-0.05, 0) is 42.8 Å². The number of anilines is 2. The Balaban J connectivity index is 1.51. The topological polar surface area (TPSA) is 89.0 Å². The van der Waals surface area contributed by atoms with Crippen molar-refractivity contribution in [2.45, 2.75) is 13.5 Å². The lowest BCUT2D eigenvalue weighted by Crippen LogP contribution is -2.16. The summed E-state index contributed by atoms with van der Waals surface area (Å²) in [5.41, 5.74) is 3.41. The zero-order chi connectivity index (χ0) is 20.9. The van der Waals surface area contributed by atoms with Gasteiger partial charge in [0.15, 0.2) is 0 Å². The molecule has 0 unspecified atom stereocenters. The predicted molar refractivity (Wildman–Crippen MR) is 117 cm³/mol. The number of amides is 1. The molecular weight excluding hydrogens is 378 g/mol. The molecule has 0 saturated heterocycles. The molecule has 4 rings (SSSR count). The van der Waals surface area contributed by atoms with Crippen LogP contribution in [0.15, 0.2) is 66.9 Å². The maximum Gasteiger partial charge on any atom is 0.274 e. The summed E-state index contributed by atoms with van der Waals surface area (Å²) in [6.07, 6.45) is 1.70. The first-order valence-corrected chi connectivity index (χ1v) is 9.50. The number of hydrogen-bond donors (Lipinski definition) is 2. The normalized spacial score (nSPS) is 10.6. The van der Waals surface area contributed by atoms with E-state index in [4.69, 9.17) is 4.74 Å². The summed E-state index contributed by atoms with van der Waals surface area (Å²) in [6, 6.07) is 18.8. The SMILES string of the molecule is COc1ccc(CNc2nc(C)cc(C(=O)Nc3cccc4cccnc34)n2)cc1. The lowest BCUT2D eigenvalue weighted by Gasteiger charge is -2.10. The van der Waals surface area contributed by atoms with Crippen molar-refractivity contribution in [3.05, 3.63) is 83.8 Å². The molecule has 30 heavy (non-hydrogen) atoms. The van der Waals surface area contributed by atoms with E-state index in [2.05, 4.69) is 25.6 Å². The van der Waals surface area contributed by atoms with Crippen molar-refractivity contribution in [3.63, 3.8) is 0 Å². The number of hydrogen-bond acceptors (Lipinski definition) is 6. The van der Waals surface area contributed by atoms with Crippen LogP contribution in [0, 0.1) is 6.92 Å². The highest BCUT2D eigenvalue weighted by molar-refractivity contribution is 6.07. The van der Waals surface area contributed by atoms with Crippen molar-refractivity contribution in [1.29, 1.82) is 0 Å². The smallest absolute Gasteiger partial charge is 0.274 e. The van der Waals surface area contributed by atoms with Gasteiger partial charge in [0.2, 0.25) is 5.95 Å². The highest BCUT2D eigenvalue weighted by Crippen LogP contribution is 2.21. The summed E-state index contributed by atoms with van der Waals surface area (Å²) < 4.78 is 5.17. The van der Waals surface area contributed by atoms with Crippen molar-refractivity contribution in [2.24, 2.45) is 0 Å². The molecular formula is C23H21N5O2. The molecule has 0 aliphatic heterocycles. The second-order valence-corrected chi connectivity index (χ2v) is 6.75. The number of rotatable bonds is 6. The second kappa shape index (κ2) is 8.57. The van der Waals surface area contributed by atoms with E-state index >= 15 is 0 Å². The minimum Gasteiger partial charge on any atom is -0.497 e. The molecule has 2 aromatic carbocycles. The lowest BCUT2D eigenvalue weighted by molar-refractivity contribution is 0.102. The van der Waals surface area contributed by atoms with Gasteiger partial charge in [0, 0.05) is 23.8 Å². The van der Waals surface area contributed by atoms with E-state index in [1.54, 1.807) is 19.4 Å². The summed E-state index contributed by atoms with van der Waals surface area (Å²) in [6.45, 7) is 2.36. The molecule has 0 fully saturated rings. The van der Waals surface area contributed by atoms with Crippen LogP contribution in [0.3, 0.4) is 0 Å². The lowest BCUT2D eigenvalue weighted by atomic mass is 10.2. The largest absolute Gasteiger partial charge is 0.497 e. The molecule has 7 heteroatoms. The van der Waals surface area contributed by atoms with Gasteiger partial charge in [-0.25, -0.2) is 9.97 Å². The van der Waals surface area contributed by atoms with Gasteiger partial charge >= 0.3 is 0 Å². The third kappa shape index (κ3) is 4.35. The van der Waals surface area contributed by atoms with Crippen molar-refractivity contribution >= 4 is 28.4 Å². The number of pyridine rings is 1. The van der Waals surface area contributed by atoms with E-state index < -0.39 is 0 Å². The minimum absolute atomic E-state index is 0.285. The van der Waals surface area contributed by atoms with Crippen molar-refractivity contribution in [1.82, 2.24) is 15.0 Å². The van der Waals surface area contributed by atoms with Crippen LogP contribution in [-0.2, 0) is 6.54 Å². The summed E-state index contributed by atoms with van der Waals surface area (Å²) in [7, 11) is 1.63. The number of carbonyl (C=O) groups is 1.